The molecule has 2 aromatic heterocycles. The lowest BCUT2D eigenvalue weighted by atomic mass is 9.95. The Morgan fingerprint density at radius 2 is 1.82 bits per heavy atom. The van der Waals surface area contributed by atoms with Crippen LogP contribution in [0.1, 0.15) is 61.9 Å². The Morgan fingerprint density at radius 3 is 2.59 bits per heavy atom. The highest BCUT2D eigenvalue weighted by Gasteiger charge is 2.30. The minimum Gasteiger partial charge on any atom is -0.462 e. The zero-order valence-corrected chi connectivity index (χ0v) is 23.0. The first-order valence-electron chi connectivity index (χ1n) is 12.8. The maximum atomic E-state index is 13.8. The van der Waals surface area contributed by atoms with Gasteiger partial charge >= 0.3 is 5.97 Å². The molecule has 0 saturated heterocycles. The summed E-state index contributed by atoms with van der Waals surface area (Å²) in [7, 11) is 0. The van der Waals surface area contributed by atoms with E-state index in [9.17, 15) is 14.4 Å². The third kappa shape index (κ3) is 6.26. The highest BCUT2D eigenvalue weighted by Crippen LogP contribution is 2.41. The van der Waals surface area contributed by atoms with Crippen molar-refractivity contribution in [3.8, 4) is 0 Å². The molecule has 1 unspecified atom stereocenters. The van der Waals surface area contributed by atoms with Gasteiger partial charge in [-0.15, -0.1) is 23.1 Å². The fraction of sp³-hybridized carbons (Fsp3) is 0.233. The highest BCUT2D eigenvalue weighted by atomic mass is 32.2. The molecule has 1 atom stereocenters. The Morgan fingerprint density at radius 1 is 1.00 bits per heavy atom. The number of thioether (sulfide) groups is 1. The molecule has 39 heavy (non-hydrogen) atoms. The van der Waals surface area contributed by atoms with Crippen molar-refractivity contribution in [2.75, 3.05) is 17.2 Å². The van der Waals surface area contributed by atoms with Crippen LogP contribution in [0.15, 0.2) is 82.3 Å². The predicted octanol–water partition coefficient (Wildman–Crippen LogP) is 7.12. The Kier molecular flexibility index (Phi) is 8.48. The highest BCUT2D eigenvalue weighted by molar-refractivity contribution is 8.00. The van der Waals surface area contributed by atoms with Crippen LogP contribution in [0.5, 0.6) is 0 Å². The van der Waals surface area contributed by atoms with Gasteiger partial charge in [0.15, 0.2) is 5.76 Å². The number of carbonyl (C=O) groups excluding carboxylic acids is 3. The lowest BCUT2D eigenvalue weighted by Gasteiger charge is -2.18. The number of ether oxygens (including phenoxy) is 1. The number of aryl methyl sites for hydroxylation is 1. The van der Waals surface area contributed by atoms with Crippen molar-refractivity contribution in [3.63, 3.8) is 0 Å². The van der Waals surface area contributed by atoms with Gasteiger partial charge in [-0.25, -0.2) is 4.79 Å². The summed E-state index contributed by atoms with van der Waals surface area (Å²) in [5.41, 5.74) is 2.90. The molecule has 0 radical (unpaired) electrons. The van der Waals surface area contributed by atoms with Gasteiger partial charge in [-0.3, -0.25) is 9.59 Å². The molecule has 4 aromatic rings. The minimum absolute atomic E-state index is 0.214. The Bertz CT molecular complexity index is 1460. The number of esters is 1. The zero-order valence-electron chi connectivity index (χ0n) is 21.4. The van der Waals surface area contributed by atoms with Gasteiger partial charge in [-0.2, -0.15) is 0 Å². The van der Waals surface area contributed by atoms with Crippen molar-refractivity contribution in [2.24, 2.45) is 0 Å². The number of fused-ring (bicyclic) bond motifs is 1. The minimum atomic E-state index is -0.601. The van der Waals surface area contributed by atoms with Gasteiger partial charge in [0.05, 0.1) is 18.4 Å². The average Bonchev–Trinajstić information content (AvgIpc) is 3.61. The van der Waals surface area contributed by atoms with E-state index in [0.29, 0.717) is 16.3 Å². The summed E-state index contributed by atoms with van der Waals surface area (Å²) >= 11 is 2.84. The van der Waals surface area contributed by atoms with Crippen LogP contribution in [0.3, 0.4) is 0 Å². The molecule has 1 aliphatic carbocycles. The van der Waals surface area contributed by atoms with Gasteiger partial charge in [0.25, 0.3) is 5.91 Å². The van der Waals surface area contributed by atoms with E-state index in [1.807, 2.05) is 48.5 Å². The van der Waals surface area contributed by atoms with Crippen LogP contribution in [-0.4, -0.2) is 24.4 Å². The monoisotopic (exact) mass is 560 g/mol. The number of benzene rings is 2. The molecule has 200 valence electrons. The lowest BCUT2D eigenvalue weighted by Crippen LogP contribution is -2.20. The SMILES string of the molecule is CCOC(=O)c1c(NC(=O)C(Sc2cccc(NC(=O)c3ccco3)c2)c2ccccc2)sc2c1CCCC2. The predicted molar refractivity (Wildman–Crippen MR) is 154 cm³/mol. The van der Waals surface area contributed by atoms with Crippen LogP contribution in [0.4, 0.5) is 10.7 Å². The smallest absolute Gasteiger partial charge is 0.341 e. The Balaban J connectivity index is 1.41. The number of thiophene rings is 1. The maximum Gasteiger partial charge on any atom is 0.341 e. The van der Waals surface area contributed by atoms with Crippen molar-refractivity contribution in [2.45, 2.75) is 42.8 Å². The molecule has 2 aromatic carbocycles. The number of hydrogen-bond acceptors (Lipinski definition) is 7. The summed E-state index contributed by atoms with van der Waals surface area (Å²) in [5, 5.41) is 5.84. The standard InChI is InChI=1S/C30H28N2O5S2/c1-2-36-30(35)25-22-14-6-7-16-24(22)39-29(25)32-28(34)26(19-10-4-3-5-11-19)38-21-13-8-12-20(18-21)31-27(33)23-15-9-17-37-23/h3-5,8-13,15,17-18,26H,2,6-7,14,16H2,1H3,(H,31,33)(H,32,34). The fourth-order valence-corrected chi connectivity index (χ4v) is 6.90. The third-order valence-corrected chi connectivity index (χ3v) is 8.77. The van der Waals surface area contributed by atoms with Gasteiger partial charge in [0, 0.05) is 15.5 Å². The van der Waals surface area contributed by atoms with E-state index in [1.54, 1.807) is 25.1 Å². The summed E-state index contributed by atoms with van der Waals surface area (Å²) in [6, 6.07) is 20.1. The van der Waals surface area contributed by atoms with Crippen LogP contribution in [0.25, 0.3) is 0 Å². The molecule has 1 aliphatic rings. The Labute approximate surface area is 235 Å². The molecule has 5 rings (SSSR count). The number of nitrogens with one attached hydrogen (secondary N) is 2. The largest absolute Gasteiger partial charge is 0.462 e. The molecule has 0 fully saturated rings. The summed E-state index contributed by atoms with van der Waals surface area (Å²) in [6.45, 7) is 2.05. The summed E-state index contributed by atoms with van der Waals surface area (Å²) < 4.78 is 10.5. The molecule has 0 aliphatic heterocycles. The number of hydrogen-bond donors (Lipinski definition) is 2. The van der Waals surface area contributed by atoms with Crippen LogP contribution in [-0.2, 0) is 22.4 Å². The van der Waals surface area contributed by atoms with E-state index in [0.717, 1.165) is 46.6 Å². The summed E-state index contributed by atoms with van der Waals surface area (Å²) in [5.74, 6) is -0.769. The average molecular weight is 561 g/mol. The fourth-order valence-electron chi connectivity index (χ4n) is 4.54. The molecule has 0 bridgehead atoms. The number of furan rings is 1. The van der Waals surface area contributed by atoms with E-state index in [2.05, 4.69) is 10.6 Å². The Hall–Kier alpha value is -3.82. The van der Waals surface area contributed by atoms with E-state index < -0.39 is 11.2 Å². The van der Waals surface area contributed by atoms with Crippen molar-refractivity contribution in [1.29, 1.82) is 0 Å². The van der Waals surface area contributed by atoms with Crippen LogP contribution in [0.2, 0.25) is 0 Å². The summed E-state index contributed by atoms with van der Waals surface area (Å²) in [6.07, 6.45) is 5.23. The van der Waals surface area contributed by atoms with E-state index in [4.69, 9.17) is 9.15 Å². The molecule has 9 heteroatoms. The molecule has 7 nitrogen and oxygen atoms in total. The van der Waals surface area contributed by atoms with E-state index in [-0.39, 0.29) is 24.2 Å². The maximum absolute atomic E-state index is 13.8. The quantitative estimate of drug-likeness (QED) is 0.167. The van der Waals surface area contributed by atoms with Gasteiger partial charge < -0.3 is 19.8 Å². The molecule has 2 heterocycles. The van der Waals surface area contributed by atoms with Crippen LogP contribution < -0.4 is 10.6 Å². The summed E-state index contributed by atoms with van der Waals surface area (Å²) in [4.78, 5) is 41.1. The van der Waals surface area contributed by atoms with Gasteiger partial charge in [0.1, 0.15) is 10.3 Å². The second-order valence-electron chi connectivity index (χ2n) is 8.99. The van der Waals surface area contributed by atoms with Crippen molar-refractivity contribution < 1.29 is 23.5 Å². The zero-order chi connectivity index (χ0) is 27.2. The van der Waals surface area contributed by atoms with Gasteiger partial charge in [0.2, 0.25) is 5.91 Å². The van der Waals surface area contributed by atoms with Crippen molar-refractivity contribution >= 4 is 51.6 Å². The third-order valence-electron chi connectivity index (χ3n) is 6.32. The van der Waals surface area contributed by atoms with Crippen molar-refractivity contribution in [1.82, 2.24) is 0 Å². The van der Waals surface area contributed by atoms with Gasteiger partial charge in [-0.05, 0) is 74.1 Å². The first-order chi connectivity index (χ1) is 19.0. The number of carbonyl (C=O) groups is 3. The topological polar surface area (TPSA) is 97.6 Å². The van der Waals surface area contributed by atoms with E-state index in [1.165, 1.54) is 29.4 Å². The number of anilines is 2. The first-order valence-corrected chi connectivity index (χ1v) is 14.5. The molecular weight excluding hydrogens is 532 g/mol. The number of rotatable bonds is 9. The first kappa shape index (κ1) is 26.8. The second kappa shape index (κ2) is 12.4. The lowest BCUT2D eigenvalue weighted by molar-refractivity contribution is -0.115. The molecular formula is C30H28N2O5S2. The molecule has 0 saturated carbocycles. The van der Waals surface area contributed by atoms with Crippen LogP contribution >= 0.6 is 23.1 Å². The van der Waals surface area contributed by atoms with Crippen molar-refractivity contribution in [3.05, 3.63) is 100 Å². The normalized spacial score (nSPS) is 13.3. The number of amides is 2. The van der Waals surface area contributed by atoms with Crippen LogP contribution in [0, 0.1) is 0 Å². The van der Waals surface area contributed by atoms with Gasteiger partial charge in [-0.1, -0.05) is 36.4 Å². The van der Waals surface area contributed by atoms with E-state index >= 15 is 0 Å². The molecule has 0 spiro atoms. The molecule has 2 N–H and O–H groups in total. The molecule has 2 amide bonds. The second-order valence-corrected chi connectivity index (χ2v) is 11.3.